The molecule has 7 unspecified atom stereocenters. The SMILES string of the molecule is C=CC1C2(C)C=CC(=O)C1(C)C1(C)OC3C(=CC)C(=O)OC3C21. The minimum absolute atomic E-state index is 0.0446. The number of fused-ring (bicyclic) bond motifs is 7. The van der Waals surface area contributed by atoms with Gasteiger partial charge in [-0.3, -0.25) is 4.79 Å². The van der Waals surface area contributed by atoms with Gasteiger partial charge in [0.1, 0.15) is 12.2 Å². The average Bonchev–Trinajstić information content (AvgIpc) is 2.97. The van der Waals surface area contributed by atoms with Crippen LogP contribution < -0.4 is 0 Å². The highest BCUT2D eigenvalue weighted by Crippen LogP contribution is 2.72. The van der Waals surface area contributed by atoms with Gasteiger partial charge in [-0.25, -0.2) is 4.79 Å². The molecule has 4 rings (SSSR count). The molecule has 0 aromatic carbocycles. The number of hydrogen-bond acceptors (Lipinski definition) is 4. The lowest BCUT2D eigenvalue weighted by atomic mass is 9.62. The molecule has 2 aliphatic heterocycles. The lowest BCUT2D eigenvalue weighted by Gasteiger charge is -2.43. The maximum absolute atomic E-state index is 12.8. The van der Waals surface area contributed by atoms with Gasteiger partial charge in [-0.15, -0.1) is 6.58 Å². The second-order valence-corrected chi connectivity index (χ2v) is 7.72. The largest absolute Gasteiger partial charge is 0.455 e. The van der Waals surface area contributed by atoms with Crippen LogP contribution in [-0.2, 0) is 19.1 Å². The van der Waals surface area contributed by atoms with Crippen LogP contribution in [-0.4, -0.2) is 29.6 Å². The molecule has 4 aliphatic rings. The molecule has 2 aliphatic carbocycles. The topological polar surface area (TPSA) is 52.6 Å². The molecule has 0 spiro atoms. The molecule has 1 saturated carbocycles. The second-order valence-electron chi connectivity index (χ2n) is 7.72. The van der Waals surface area contributed by atoms with Gasteiger partial charge in [0.25, 0.3) is 0 Å². The normalized spacial score (nSPS) is 55.0. The summed E-state index contributed by atoms with van der Waals surface area (Å²) in [6, 6.07) is 0. The first-order valence-electron chi connectivity index (χ1n) is 8.17. The summed E-state index contributed by atoms with van der Waals surface area (Å²) in [6.07, 6.45) is 6.56. The number of rotatable bonds is 1. The molecule has 4 heteroatoms. The molecule has 0 N–H and O–H groups in total. The van der Waals surface area contributed by atoms with Gasteiger partial charge in [-0.05, 0) is 26.8 Å². The summed E-state index contributed by atoms with van der Waals surface area (Å²) in [5.41, 5.74) is -1.13. The molecule has 2 heterocycles. The van der Waals surface area contributed by atoms with Gasteiger partial charge in [0, 0.05) is 17.3 Å². The Hall–Kier alpha value is -1.68. The Kier molecular flexibility index (Phi) is 2.62. The maximum atomic E-state index is 12.8. The van der Waals surface area contributed by atoms with Crippen LogP contribution in [0.3, 0.4) is 0 Å². The Bertz CT molecular complexity index is 704. The summed E-state index contributed by atoms with van der Waals surface area (Å²) in [4.78, 5) is 25.0. The Morgan fingerprint density at radius 2 is 1.96 bits per heavy atom. The molecule has 0 aromatic rings. The van der Waals surface area contributed by atoms with Crippen LogP contribution in [0.2, 0.25) is 0 Å². The number of allylic oxidation sites excluding steroid dienone is 4. The minimum Gasteiger partial charge on any atom is -0.455 e. The number of ketones is 1. The van der Waals surface area contributed by atoms with Gasteiger partial charge < -0.3 is 9.47 Å². The minimum atomic E-state index is -0.696. The summed E-state index contributed by atoms with van der Waals surface area (Å²) in [7, 11) is 0. The summed E-state index contributed by atoms with van der Waals surface area (Å²) < 4.78 is 12.1. The average molecular weight is 314 g/mol. The lowest BCUT2D eigenvalue weighted by molar-refractivity contribution is -0.147. The fourth-order valence-corrected chi connectivity index (χ4v) is 5.89. The molecule has 2 bridgehead atoms. The summed E-state index contributed by atoms with van der Waals surface area (Å²) in [5, 5.41) is 0. The van der Waals surface area contributed by atoms with E-state index in [1.807, 2.05) is 32.9 Å². The predicted octanol–water partition coefficient (Wildman–Crippen LogP) is 2.60. The highest BCUT2D eigenvalue weighted by molar-refractivity contribution is 5.99. The zero-order valence-electron chi connectivity index (χ0n) is 14.0. The van der Waals surface area contributed by atoms with E-state index >= 15 is 0 Å². The van der Waals surface area contributed by atoms with Crippen LogP contribution in [0.5, 0.6) is 0 Å². The van der Waals surface area contributed by atoms with E-state index in [0.29, 0.717) is 5.57 Å². The second kappa shape index (κ2) is 4.04. The Morgan fingerprint density at radius 3 is 2.57 bits per heavy atom. The van der Waals surface area contributed by atoms with Gasteiger partial charge in [-0.2, -0.15) is 0 Å². The Morgan fingerprint density at radius 1 is 1.26 bits per heavy atom. The van der Waals surface area contributed by atoms with E-state index in [2.05, 4.69) is 13.5 Å². The van der Waals surface area contributed by atoms with Crippen LogP contribution in [0.15, 0.2) is 36.5 Å². The maximum Gasteiger partial charge on any atom is 0.336 e. The number of carbonyl (C=O) groups is 2. The standard InChI is InChI=1S/C19H22O4/c1-6-10-13-14(22-16(10)21)15-17(3)9-8-12(20)18(4,11(17)7-2)19(15,5)23-13/h6-9,11,13-15H,2H2,1,3-5H3. The van der Waals surface area contributed by atoms with E-state index in [0.717, 1.165) is 0 Å². The zero-order chi connectivity index (χ0) is 16.8. The lowest BCUT2D eigenvalue weighted by Crippen LogP contribution is -2.51. The van der Waals surface area contributed by atoms with Gasteiger partial charge in [-0.1, -0.05) is 25.2 Å². The van der Waals surface area contributed by atoms with E-state index in [9.17, 15) is 9.59 Å². The van der Waals surface area contributed by atoms with Crippen molar-refractivity contribution in [2.45, 2.75) is 45.5 Å². The first-order chi connectivity index (χ1) is 10.8. The third kappa shape index (κ3) is 1.30. The van der Waals surface area contributed by atoms with Gasteiger partial charge in [0.15, 0.2) is 5.78 Å². The Labute approximate surface area is 136 Å². The first kappa shape index (κ1) is 14.9. The molecule has 2 saturated heterocycles. The predicted molar refractivity (Wildman–Crippen MR) is 84.5 cm³/mol. The highest BCUT2D eigenvalue weighted by Gasteiger charge is 2.79. The van der Waals surface area contributed by atoms with Crippen LogP contribution in [0.1, 0.15) is 27.7 Å². The van der Waals surface area contributed by atoms with Crippen molar-refractivity contribution in [1.82, 2.24) is 0 Å². The van der Waals surface area contributed by atoms with Gasteiger partial charge >= 0.3 is 5.97 Å². The van der Waals surface area contributed by atoms with E-state index in [1.165, 1.54) is 0 Å². The van der Waals surface area contributed by atoms with Crippen molar-refractivity contribution in [3.05, 3.63) is 36.5 Å². The van der Waals surface area contributed by atoms with Gasteiger partial charge in [0.05, 0.1) is 16.6 Å². The van der Waals surface area contributed by atoms with E-state index in [4.69, 9.17) is 9.47 Å². The van der Waals surface area contributed by atoms with Gasteiger partial charge in [0.2, 0.25) is 0 Å². The van der Waals surface area contributed by atoms with Crippen molar-refractivity contribution >= 4 is 11.8 Å². The molecule has 23 heavy (non-hydrogen) atoms. The molecule has 122 valence electrons. The quantitative estimate of drug-likeness (QED) is 0.424. The molecule has 0 amide bonds. The molecule has 3 fully saturated rings. The van der Waals surface area contributed by atoms with E-state index < -0.39 is 11.0 Å². The van der Waals surface area contributed by atoms with Crippen molar-refractivity contribution in [3.63, 3.8) is 0 Å². The molecule has 7 atom stereocenters. The molecular weight excluding hydrogens is 292 g/mol. The third-order valence-corrected chi connectivity index (χ3v) is 7.02. The number of ether oxygens (including phenoxy) is 2. The fourth-order valence-electron chi connectivity index (χ4n) is 5.89. The Balaban J connectivity index is 1.95. The number of hydrogen-bond donors (Lipinski definition) is 0. The summed E-state index contributed by atoms with van der Waals surface area (Å²) in [5.74, 6) is -0.350. The highest BCUT2D eigenvalue weighted by atomic mass is 16.6. The van der Waals surface area contributed by atoms with Crippen molar-refractivity contribution in [1.29, 1.82) is 0 Å². The summed E-state index contributed by atoms with van der Waals surface area (Å²) in [6.45, 7) is 11.9. The van der Waals surface area contributed by atoms with Crippen LogP contribution >= 0.6 is 0 Å². The van der Waals surface area contributed by atoms with Crippen LogP contribution in [0.25, 0.3) is 0 Å². The molecule has 0 aromatic heterocycles. The summed E-state index contributed by atoms with van der Waals surface area (Å²) >= 11 is 0. The molecule has 4 nitrogen and oxygen atoms in total. The zero-order valence-corrected chi connectivity index (χ0v) is 14.0. The first-order valence-corrected chi connectivity index (χ1v) is 8.17. The van der Waals surface area contributed by atoms with Crippen LogP contribution in [0, 0.1) is 22.7 Å². The van der Waals surface area contributed by atoms with E-state index in [-0.39, 0.29) is 41.2 Å². The smallest absolute Gasteiger partial charge is 0.336 e. The van der Waals surface area contributed by atoms with Crippen molar-refractivity contribution in [3.8, 4) is 0 Å². The van der Waals surface area contributed by atoms with Crippen molar-refractivity contribution in [2.24, 2.45) is 22.7 Å². The number of carbonyl (C=O) groups excluding carboxylic acids is 2. The van der Waals surface area contributed by atoms with E-state index in [1.54, 1.807) is 12.2 Å². The van der Waals surface area contributed by atoms with Crippen LogP contribution in [0.4, 0.5) is 0 Å². The van der Waals surface area contributed by atoms with Crippen molar-refractivity contribution < 1.29 is 19.1 Å². The molecular formula is C19H22O4. The monoisotopic (exact) mass is 314 g/mol. The molecule has 0 radical (unpaired) electrons. The third-order valence-electron chi connectivity index (χ3n) is 7.02. The number of esters is 1. The van der Waals surface area contributed by atoms with Crippen molar-refractivity contribution in [2.75, 3.05) is 0 Å². The fraction of sp³-hybridized carbons (Fsp3) is 0.579.